The molecule has 1 aromatic heterocycles. The van der Waals surface area contributed by atoms with Crippen molar-refractivity contribution in [2.24, 2.45) is 0 Å². The number of rotatable bonds is 5. The fourth-order valence-corrected chi connectivity index (χ4v) is 1.77. The van der Waals surface area contributed by atoms with Gasteiger partial charge in [-0.05, 0) is 25.1 Å². The maximum Gasteiger partial charge on any atom is 0.164 e. The molecule has 0 spiro atoms. The Hall–Kier alpha value is -2.17. The molecule has 0 fully saturated rings. The van der Waals surface area contributed by atoms with Gasteiger partial charge >= 0.3 is 0 Å². The first-order chi connectivity index (χ1) is 8.68. The van der Waals surface area contributed by atoms with Crippen LogP contribution in [-0.2, 0) is 6.54 Å². The summed E-state index contributed by atoms with van der Waals surface area (Å²) in [6.45, 7) is 2.59. The number of benzene rings is 1. The molecule has 5 heteroatoms. The highest BCUT2D eigenvalue weighted by Crippen LogP contribution is 2.19. The number of Topliss-reactive ketones (excluding diaryl/α,β-unsaturated/α-hetero) is 1. The molecule has 0 radical (unpaired) electrons. The van der Waals surface area contributed by atoms with Gasteiger partial charge in [0.1, 0.15) is 5.82 Å². The predicted octanol–water partition coefficient (Wildman–Crippen LogP) is 2.34. The minimum atomic E-state index is -0.494. The zero-order chi connectivity index (χ0) is 13.0. The van der Waals surface area contributed by atoms with Crippen LogP contribution in [0.2, 0.25) is 0 Å². The number of hydrogen-bond acceptors (Lipinski definition) is 3. The van der Waals surface area contributed by atoms with E-state index in [1.807, 2.05) is 12.3 Å². The van der Waals surface area contributed by atoms with Gasteiger partial charge in [0.2, 0.25) is 0 Å². The van der Waals surface area contributed by atoms with Gasteiger partial charge in [-0.15, -0.1) is 0 Å². The average Bonchev–Trinajstić information content (AvgIpc) is 2.81. The Morgan fingerprint density at radius 1 is 1.44 bits per heavy atom. The molecule has 18 heavy (non-hydrogen) atoms. The van der Waals surface area contributed by atoms with Gasteiger partial charge in [-0.2, -0.15) is 5.10 Å². The van der Waals surface area contributed by atoms with Gasteiger partial charge in [-0.1, -0.05) is 6.07 Å². The minimum Gasteiger partial charge on any atom is -0.383 e. The molecule has 2 rings (SSSR count). The smallest absolute Gasteiger partial charge is 0.164 e. The van der Waals surface area contributed by atoms with Crippen LogP contribution in [0.4, 0.5) is 10.1 Å². The molecular formula is C13H14FN3O. The quantitative estimate of drug-likeness (QED) is 0.825. The van der Waals surface area contributed by atoms with E-state index < -0.39 is 5.82 Å². The number of nitrogens with one attached hydrogen (secondary N) is 1. The standard InChI is InChI=1S/C13H14FN3O/c1-10(18)13-11(14)4-2-5-12(13)15-7-9-17-8-3-6-16-17/h2-6,8,15H,7,9H2,1H3. The second kappa shape index (κ2) is 5.44. The zero-order valence-electron chi connectivity index (χ0n) is 10.1. The molecule has 0 aliphatic rings. The van der Waals surface area contributed by atoms with Crippen LogP contribution >= 0.6 is 0 Å². The molecule has 1 heterocycles. The summed E-state index contributed by atoms with van der Waals surface area (Å²) < 4.78 is 15.3. The van der Waals surface area contributed by atoms with Crippen molar-refractivity contribution in [1.82, 2.24) is 9.78 Å². The fraction of sp³-hybridized carbons (Fsp3) is 0.231. The number of anilines is 1. The molecule has 1 N–H and O–H groups in total. The monoisotopic (exact) mass is 247 g/mol. The summed E-state index contributed by atoms with van der Waals surface area (Å²) >= 11 is 0. The van der Waals surface area contributed by atoms with Crippen LogP contribution in [-0.4, -0.2) is 22.1 Å². The summed E-state index contributed by atoms with van der Waals surface area (Å²) in [5, 5.41) is 7.11. The summed E-state index contributed by atoms with van der Waals surface area (Å²) in [6.07, 6.45) is 3.54. The average molecular weight is 247 g/mol. The molecule has 0 unspecified atom stereocenters. The Morgan fingerprint density at radius 2 is 2.28 bits per heavy atom. The van der Waals surface area contributed by atoms with Gasteiger partial charge in [0.15, 0.2) is 5.78 Å². The second-order valence-corrected chi connectivity index (χ2v) is 3.91. The summed E-state index contributed by atoms with van der Waals surface area (Å²) in [6, 6.07) is 6.40. The third-order valence-corrected chi connectivity index (χ3v) is 2.58. The molecule has 0 bridgehead atoms. The van der Waals surface area contributed by atoms with Gasteiger partial charge in [0, 0.05) is 24.6 Å². The molecule has 0 saturated heterocycles. The SMILES string of the molecule is CC(=O)c1c(F)cccc1NCCn1cccn1. The third-order valence-electron chi connectivity index (χ3n) is 2.58. The first-order valence-corrected chi connectivity index (χ1v) is 5.69. The molecule has 0 aliphatic carbocycles. The van der Waals surface area contributed by atoms with Gasteiger partial charge in [-0.3, -0.25) is 9.48 Å². The number of ketones is 1. The van der Waals surface area contributed by atoms with Crippen LogP contribution in [0.15, 0.2) is 36.7 Å². The highest BCUT2D eigenvalue weighted by atomic mass is 19.1. The maximum atomic E-state index is 13.5. The van der Waals surface area contributed by atoms with Crippen molar-refractivity contribution in [1.29, 1.82) is 0 Å². The van der Waals surface area contributed by atoms with Gasteiger partial charge in [0.05, 0.1) is 12.1 Å². The van der Waals surface area contributed by atoms with Gasteiger partial charge in [-0.25, -0.2) is 4.39 Å². The van der Waals surface area contributed by atoms with Crippen LogP contribution < -0.4 is 5.32 Å². The fourth-order valence-electron chi connectivity index (χ4n) is 1.77. The van der Waals surface area contributed by atoms with E-state index in [0.29, 0.717) is 18.8 Å². The van der Waals surface area contributed by atoms with Crippen molar-refractivity contribution in [3.8, 4) is 0 Å². The first kappa shape index (κ1) is 12.3. The summed E-state index contributed by atoms with van der Waals surface area (Å²) in [5.41, 5.74) is 0.632. The molecule has 0 amide bonds. The molecular weight excluding hydrogens is 233 g/mol. The highest BCUT2D eigenvalue weighted by molar-refractivity contribution is 5.99. The molecule has 0 saturated carbocycles. The van der Waals surface area contributed by atoms with Gasteiger partial charge in [0.25, 0.3) is 0 Å². The number of carbonyl (C=O) groups excluding carboxylic acids is 1. The van der Waals surface area contributed by atoms with E-state index in [1.54, 1.807) is 23.0 Å². The predicted molar refractivity (Wildman–Crippen MR) is 67.1 cm³/mol. The summed E-state index contributed by atoms with van der Waals surface area (Å²) in [7, 11) is 0. The topological polar surface area (TPSA) is 46.9 Å². The lowest BCUT2D eigenvalue weighted by Crippen LogP contribution is -2.13. The van der Waals surface area contributed by atoms with E-state index >= 15 is 0 Å². The van der Waals surface area contributed by atoms with Crippen LogP contribution in [0.1, 0.15) is 17.3 Å². The third kappa shape index (κ3) is 2.74. The minimum absolute atomic E-state index is 0.109. The lowest BCUT2D eigenvalue weighted by atomic mass is 10.1. The maximum absolute atomic E-state index is 13.5. The van der Waals surface area contributed by atoms with Crippen LogP contribution in [0.5, 0.6) is 0 Å². The van der Waals surface area contributed by atoms with E-state index in [0.717, 1.165) is 0 Å². The van der Waals surface area contributed by atoms with E-state index in [1.165, 1.54) is 13.0 Å². The lowest BCUT2D eigenvalue weighted by Gasteiger charge is -2.10. The van der Waals surface area contributed by atoms with Crippen molar-refractivity contribution < 1.29 is 9.18 Å². The molecule has 4 nitrogen and oxygen atoms in total. The van der Waals surface area contributed by atoms with Crippen molar-refractivity contribution in [3.63, 3.8) is 0 Å². The van der Waals surface area contributed by atoms with Crippen LogP contribution in [0.25, 0.3) is 0 Å². The molecule has 1 aromatic carbocycles. The second-order valence-electron chi connectivity index (χ2n) is 3.91. The van der Waals surface area contributed by atoms with Crippen LogP contribution in [0.3, 0.4) is 0 Å². The normalized spacial score (nSPS) is 10.3. The molecule has 0 aliphatic heterocycles. The number of hydrogen-bond donors (Lipinski definition) is 1. The number of carbonyl (C=O) groups is 1. The molecule has 94 valence electrons. The summed E-state index contributed by atoms with van der Waals surface area (Å²) in [5.74, 6) is -0.777. The van der Waals surface area contributed by atoms with Gasteiger partial charge < -0.3 is 5.32 Å². The molecule has 0 atom stereocenters. The summed E-state index contributed by atoms with van der Waals surface area (Å²) in [4.78, 5) is 11.4. The van der Waals surface area contributed by atoms with E-state index in [9.17, 15) is 9.18 Å². The van der Waals surface area contributed by atoms with E-state index in [2.05, 4.69) is 10.4 Å². The van der Waals surface area contributed by atoms with Crippen molar-refractivity contribution >= 4 is 11.5 Å². The number of halogens is 1. The van der Waals surface area contributed by atoms with Crippen molar-refractivity contribution in [2.45, 2.75) is 13.5 Å². The molecule has 2 aromatic rings. The zero-order valence-corrected chi connectivity index (χ0v) is 10.1. The Bertz CT molecular complexity index is 537. The largest absolute Gasteiger partial charge is 0.383 e. The van der Waals surface area contributed by atoms with E-state index in [4.69, 9.17) is 0 Å². The van der Waals surface area contributed by atoms with Crippen molar-refractivity contribution in [3.05, 3.63) is 48.0 Å². The van der Waals surface area contributed by atoms with Crippen LogP contribution in [0, 0.1) is 5.82 Å². The van der Waals surface area contributed by atoms with E-state index in [-0.39, 0.29) is 11.3 Å². The Kier molecular flexibility index (Phi) is 3.72. The Labute approximate surface area is 104 Å². The number of aromatic nitrogens is 2. The lowest BCUT2D eigenvalue weighted by molar-refractivity contribution is 0.101. The van der Waals surface area contributed by atoms with Crippen molar-refractivity contribution in [2.75, 3.05) is 11.9 Å². The Balaban J connectivity index is 2.05. The number of nitrogens with zero attached hydrogens (tertiary/aromatic N) is 2. The first-order valence-electron chi connectivity index (χ1n) is 5.69. The highest BCUT2D eigenvalue weighted by Gasteiger charge is 2.12. The Morgan fingerprint density at radius 3 is 2.94 bits per heavy atom.